The number of nitrogens with zero attached hydrogens (tertiary/aromatic N) is 2. The summed E-state index contributed by atoms with van der Waals surface area (Å²) in [7, 11) is 1.71. The molecule has 3 nitrogen and oxygen atoms in total. The number of nitrogens with one attached hydrogen (secondary N) is 1. The van der Waals surface area contributed by atoms with Crippen LogP contribution in [0.2, 0.25) is 0 Å². The molecule has 0 saturated heterocycles. The van der Waals surface area contributed by atoms with Gasteiger partial charge in [0, 0.05) is 25.5 Å². The summed E-state index contributed by atoms with van der Waals surface area (Å²) in [5, 5.41) is 11.6. The van der Waals surface area contributed by atoms with Gasteiger partial charge in [0.05, 0.1) is 5.56 Å². The first-order valence-corrected chi connectivity index (χ1v) is 5.87. The van der Waals surface area contributed by atoms with E-state index in [1.165, 1.54) is 12.1 Å². The second kappa shape index (κ2) is 5.29. The van der Waals surface area contributed by atoms with E-state index in [0.29, 0.717) is 5.69 Å². The van der Waals surface area contributed by atoms with Crippen molar-refractivity contribution in [1.29, 1.82) is 5.26 Å². The van der Waals surface area contributed by atoms with Gasteiger partial charge in [-0.15, -0.1) is 0 Å². The molecule has 0 spiro atoms. The van der Waals surface area contributed by atoms with Crippen molar-refractivity contribution in [3.63, 3.8) is 0 Å². The number of hydrogen-bond acceptors (Lipinski definition) is 2. The summed E-state index contributed by atoms with van der Waals surface area (Å²) in [5.41, 5.74) is 0.547. The quantitative estimate of drug-likeness (QED) is 0.933. The SMILES string of the molecule is Cn1cc(CNc2ccccc2C(F)(F)F)cc1C#N. The topological polar surface area (TPSA) is 40.8 Å². The van der Waals surface area contributed by atoms with Crippen LogP contribution in [0.15, 0.2) is 36.5 Å². The highest BCUT2D eigenvalue weighted by atomic mass is 19.4. The van der Waals surface area contributed by atoms with Gasteiger partial charge in [-0.05, 0) is 23.8 Å². The summed E-state index contributed by atoms with van der Waals surface area (Å²) in [6.07, 6.45) is -2.68. The molecule has 0 aliphatic rings. The average Bonchev–Trinajstić information content (AvgIpc) is 2.76. The van der Waals surface area contributed by atoms with Gasteiger partial charge in [0.2, 0.25) is 0 Å². The second-order valence-electron chi connectivity index (χ2n) is 4.35. The Kier molecular flexibility index (Phi) is 3.70. The molecule has 0 radical (unpaired) electrons. The van der Waals surface area contributed by atoms with Crippen LogP contribution in [0.25, 0.3) is 0 Å². The zero-order valence-electron chi connectivity index (χ0n) is 10.7. The van der Waals surface area contributed by atoms with Crippen molar-refractivity contribution in [1.82, 2.24) is 4.57 Å². The number of alkyl halides is 3. The summed E-state index contributed by atoms with van der Waals surface area (Å²) >= 11 is 0. The number of hydrogen-bond donors (Lipinski definition) is 1. The molecule has 1 aromatic carbocycles. The maximum Gasteiger partial charge on any atom is 0.418 e. The average molecular weight is 279 g/mol. The van der Waals surface area contributed by atoms with Crippen molar-refractivity contribution in [3.05, 3.63) is 53.3 Å². The fraction of sp³-hybridized carbons (Fsp3) is 0.214. The Hall–Kier alpha value is -2.42. The largest absolute Gasteiger partial charge is 0.418 e. The minimum Gasteiger partial charge on any atom is -0.380 e. The van der Waals surface area contributed by atoms with Gasteiger partial charge in [0.25, 0.3) is 0 Å². The van der Waals surface area contributed by atoms with Crippen LogP contribution in [0.4, 0.5) is 18.9 Å². The van der Waals surface area contributed by atoms with Crippen LogP contribution in [-0.2, 0) is 19.8 Å². The molecule has 0 saturated carbocycles. The molecule has 6 heteroatoms. The van der Waals surface area contributed by atoms with E-state index in [9.17, 15) is 13.2 Å². The van der Waals surface area contributed by atoms with E-state index in [0.717, 1.165) is 11.6 Å². The van der Waals surface area contributed by atoms with E-state index in [1.807, 2.05) is 6.07 Å². The minimum absolute atomic E-state index is 0.0300. The third kappa shape index (κ3) is 2.94. The van der Waals surface area contributed by atoms with E-state index in [-0.39, 0.29) is 12.2 Å². The van der Waals surface area contributed by atoms with Crippen molar-refractivity contribution < 1.29 is 13.2 Å². The van der Waals surface area contributed by atoms with Gasteiger partial charge in [-0.2, -0.15) is 18.4 Å². The lowest BCUT2D eigenvalue weighted by molar-refractivity contribution is -0.136. The fourth-order valence-corrected chi connectivity index (χ4v) is 1.92. The van der Waals surface area contributed by atoms with Gasteiger partial charge in [-0.25, -0.2) is 0 Å². The zero-order valence-corrected chi connectivity index (χ0v) is 10.7. The van der Waals surface area contributed by atoms with E-state index in [2.05, 4.69) is 5.32 Å². The van der Waals surface area contributed by atoms with Gasteiger partial charge in [0.1, 0.15) is 11.8 Å². The molecule has 1 heterocycles. The molecule has 104 valence electrons. The van der Waals surface area contributed by atoms with Crippen LogP contribution >= 0.6 is 0 Å². The second-order valence-corrected chi connectivity index (χ2v) is 4.35. The first-order valence-electron chi connectivity index (χ1n) is 5.87. The summed E-state index contributed by atoms with van der Waals surface area (Å²) in [6, 6.07) is 8.96. The Bertz CT molecular complexity index is 650. The number of nitriles is 1. The van der Waals surface area contributed by atoms with Crippen molar-refractivity contribution >= 4 is 5.69 Å². The number of anilines is 1. The van der Waals surface area contributed by atoms with Gasteiger partial charge < -0.3 is 9.88 Å². The maximum atomic E-state index is 12.8. The highest BCUT2D eigenvalue weighted by Gasteiger charge is 2.33. The molecule has 20 heavy (non-hydrogen) atoms. The minimum atomic E-state index is -4.39. The highest BCUT2D eigenvalue weighted by molar-refractivity contribution is 5.53. The van der Waals surface area contributed by atoms with Crippen LogP contribution in [0.1, 0.15) is 16.8 Å². The lowest BCUT2D eigenvalue weighted by Gasteiger charge is -2.13. The molecule has 0 amide bonds. The Balaban J connectivity index is 2.17. The molecule has 1 aromatic heterocycles. The first-order chi connectivity index (χ1) is 9.41. The Morgan fingerprint density at radius 1 is 1.30 bits per heavy atom. The number of halogens is 3. The molecule has 0 aliphatic heterocycles. The number of aromatic nitrogens is 1. The van der Waals surface area contributed by atoms with Crippen LogP contribution in [0.5, 0.6) is 0 Å². The number of benzene rings is 1. The van der Waals surface area contributed by atoms with E-state index >= 15 is 0 Å². The monoisotopic (exact) mass is 279 g/mol. The predicted octanol–water partition coefficient (Wildman–Crippen LogP) is 3.53. The van der Waals surface area contributed by atoms with Crippen LogP contribution in [0, 0.1) is 11.3 Å². The predicted molar refractivity (Wildman–Crippen MR) is 68.9 cm³/mol. The molecular weight excluding hydrogens is 267 g/mol. The van der Waals surface area contributed by atoms with Crippen LogP contribution in [0.3, 0.4) is 0 Å². The molecule has 0 unspecified atom stereocenters. The lowest BCUT2D eigenvalue weighted by atomic mass is 10.1. The van der Waals surface area contributed by atoms with E-state index in [1.54, 1.807) is 29.9 Å². The fourth-order valence-electron chi connectivity index (χ4n) is 1.92. The number of aryl methyl sites for hydroxylation is 1. The van der Waals surface area contributed by atoms with E-state index < -0.39 is 11.7 Å². The summed E-state index contributed by atoms with van der Waals surface area (Å²) in [6.45, 7) is 0.225. The third-order valence-corrected chi connectivity index (χ3v) is 2.89. The standard InChI is InChI=1S/C14H12F3N3/c1-20-9-10(6-11(20)7-18)8-19-13-5-3-2-4-12(13)14(15,16)17/h2-6,9,19H,8H2,1H3. The molecule has 0 bridgehead atoms. The van der Waals surface area contributed by atoms with Gasteiger partial charge in [-0.3, -0.25) is 0 Å². The first kappa shape index (κ1) is 14.0. The highest BCUT2D eigenvalue weighted by Crippen LogP contribution is 2.34. The Morgan fingerprint density at radius 3 is 2.60 bits per heavy atom. The van der Waals surface area contributed by atoms with Crippen molar-refractivity contribution in [3.8, 4) is 6.07 Å². The lowest BCUT2D eigenvalue weighted by Crippen LogP contribution is -2.10. The summed E-state index contributed by atoms with van der Waals surface area (Å²) < 4.78 is 40.1. The molecule has 2 rings (SSSR count). The molecule has 2 aromatic rings. The smallest absolute Gasteiger partial charge is 0.380 e. The summed E-state index contributed by atoms with van der Waals surface area (Å²) in [4.78, 5) is 0. The molecule has 0 fully saturated rings. The van der Waals surface area contributed by atoms with Crippen molar-refractivity contribution in [2.45, 2.75) is 12.7 Å². The van der Waals surface area contributed by atoms with Crippen molar-refractivity contribution in [2.75, 3.05) is 5.32 Å². The third-order valence-electron chi connectivity index (χ3n) is 2.89. The summed E-state index contributed by atoms with van der Waals surface area (Å²) in [5.74, 6) is 0. The van der Waals surface area contributed by atoms with Crippen molar-refractivity contribution in [2.24, 2.45) is 7.05 Å². The zero-order chi connectivity index (χ0) is 14.8. The molecule has 0 atom stereocenters. The van der Waals surface area contributed by atoms with Crippen LogP contribution in [-0.4, -0.2) is 4.57 Å². The Labute approximate surface area is 114 Å². The molecule has 1 N–H and O–H groups in total. The number of para-hydroxylation sites is 1. The van der Waals surface area contributed by atoms with Gasteiger partial charge >= 0.3 is 6.18 Å². The normalized spacial score (nSPS) is 11.2. The van der Waals surface area contributed by atoms with E-state index in [4.69, 9.17) is 5.26 Å². The van der Waals surface area contributed by atoms with Gasteiger partial charge in [0.15, 0.2) is 0 Å². The maximum absolute atomic E-state index is 12.8. The van der Waals surface area contributed by atoms with Crippen LogP contribution < -0.4 is 5.32 Å². The number of rotatable bonds is 3. The Morgan fingerprint density at radius 2 is 2.00 bits per heavy atom. The molecular formula is C14H12F3N3. The van der Waals surface area contributed by atoms with Gasteiger partial charge in [-0.1, -0.05) is 12.1 Å². The molecule has 0 aliphatic carbocycles.